The highest BCUT2D eigenvalue weighted by Gasteiger charge is 2.11. The van der Waals surface area contributed by atoms with E-state index in [0.29, 0.717) is 5.75 Å². The number of nitrogens with zero attached hydrogens (tertiary/aromatic N) is 2. The van der Waals surface area contributed by atoms with Gasteiger partial charge in [0.15, 0.2) is 5.16 Å². The number of hydrogen-bond acceptors (Lipinski definition) is 3. The first kappa shape index (κ1) is 16.3. The molecular weight excluding hydrogens is 421 g/mol. The van der Waals surface area contributed by atoms with E-state index in [-0.39, 0.29) is 5.91 Å². The van der Waals surface area contributed by atoms with E-state index in [9.17, 15) is 4.79 Å². The van der Waals surface area contributed by atoms with E-state index in [1.807, 2.05) is 42.5 Å². The summed E-state index contributed by atoms with van der Waals surface area (Å²) in [7, 11) is 0. The zero-order valence-corrected chi connectivity index (χ0v) is 15.6. The molecule has 0 aliphatic carbocycles. The lowest BCUT2D eigenvalue weighted by Crippen LogP contribution is -2.14. The molecule has 4 nitrogen and oxygen atoms in total. The van der Waals surface area contributed by atoms with Crippen molar-refractivity contribution in [2.24, 2.45) is 0 Å². The first-order valence-corrected chi connectivity index (χ1v) is 9.37. The third-order valence-corrected chi connectivity index (χ3v) is 5.02. The predicted molar refractivity (Wildman–Crippen MR) is 104 cm³/mol. The molecule has 1 heterocycles. The number of fused-ring (bicyclic) bond motifs is 1. The fraction of sp³-hybridized carbons (Fsp3) is 0.176. The number of benzene rings is 2. The Bertz CT molecular complexity index is 847. The van der Waals surface area contributed by atoms with Crippen LogP contribution in [0.5, 0.6) is 0 Å². The summed E-state index contributed by atoms with van der Waals surface area (Å²) in [5.41, 5.74) is 2.90. The van der Waals surface area contributed by atoms with Gasteiger partial charge in [0.25, 0.3) is 0 Å². The average Bonchev–Trinajstić information content (AvgIpc) is 2.90. The molecule has 0 aliphatic rings. The number of aromatic nitrogens is 2. The molecule has 2 aromatic carbocycles. The molecule has 0 bridgehead atoms. The minimum Gasteiger partial charge on any atom is -0.325 e. The van der Waals surface area contributed by atoms with Crippen molar-refractivity contribution in [2.45, 2.75) is 18.6 Å². The van der Waals surface area contributed by atoms with Gasteiger partial charge < -0.3 is 9.88 Å². The minimum absolute atomic E-state index is 0.0216. The Balaban J connectivity index is 1.69. The van der Waals surface area contributed by atoms with Crippen LogP contribution >= 0.6 is 34.4 Å². The first-order valence-electron chi connectivity index (χ1n) is 7.31. The van der Waals surface area contributed by atoms with E-state index >= 15 is 0 Å². The SMILES string of the molecule is CCn1c(SCC(=O)Nc2cccc(I)c2)nc2ccccc21. The summed E-state index contributed by atoms with van der Waals surface area (Å²) < 4.78 is 3.24. The van der Waals surface area contributed by atoms with Crippen LogP contribution < -0.4 is 5.32 Å². The fourth-order valence-corrected chi connectivity index (χ4v) is 3.78. The number of imidazole rings is 1. The van der Waals surface area contributed by atoms with E-state index in [2.05, 4.69) is 50.4 Å². The Labute approximate surface area is 152 Å². The van der Waals surface area contributed by atoms with Crippen LogP contribution in [-0.4, -0.2) is 21.2 Å². The van der Waals surface area contributed by atoms with E-state index in [0.717, 1.165) is 32.0 Å². The van der Waals surface area contributed by atoms with E-state index in [1.54, 1.807) is 0 Å². The lowest BCUT2D eigenvalue weighted by molar-refractivity contribution is -0.113. The third kappa shape index (κ3) is 3.87. The summed E-state index contributed by atoms with van der Waals surface area (Å²) >= 11 is 3.70. The average molecular weight is 437 g/mol. The second-order valence-corrected chi connectivity index (χ2v) is 7.16. The standard InChI is InChI=1S/C17H16IN3OS/c1-2-21-15-9-4-3-8-14(15)20-17(21)23-11-16(22)19-13-7-5-6-12(18)10-13/h3-10H,2,11H2,1H3,(H,19,22). The van der Waals surface area contributed by atoms with Crippen LogP contribution in [0, 0.1) is 3.57 Å². The molecule has 0 saturated heterocycles. The van der Waals surface area contributed by atoms with Crippen LogP contribution in [0.25, 0.3) is 11.0 Å². The summed E-state index contributed by atoms with van der Waals surface area (Å²) in [6.45, 7) is 2.92. The highest BCUT2D eigenvalue weighted by molar-refractivity contribution is 14.1. The Hall–Kier alpha value is -1.54. The Kier molecular flexibility index (Phi) is 5.22. The fourth-order valence-electron chi connectivity index (χ4n) is 2.36. The van der Waals surface area contributed by atoms with Crippen molar-refractivity contribution in [1.29, 1.82) is 0 Å². The zero-order valence-electron chi connectivity index (χ0n) is 12.6. The van der Waals surface area contributed by atoms with Crippen molar-refractivity contribution in [1.82, 2.24) is 9.55 Å². The molecule has 0 spiro atoms. The maximum absolute atomic E-state index is 12.1. The van der Waals surface area contributed by atoms with Gasteiger partial charge in [0, 0.05) is 15.8 Å². The number of anilines is 1. The summed E-state index contributed by atoms with van der Waals surface area (Å²) in [4.78, 5) is 16.8. The zero-order chi connectivity index (χ0) is 16.2. The van der Waals surface area contributed by atoms with E-state index in [1.165, 1.54) is 11.8 Å². The number of thioether (sulfide) groups is 1. The second-order valence-electron chi connectivity index (χ2n) is 4.97. The van der Waals surface area contributed by atoms with Crippen molar-refractivity contribution >= 4 is 57.0 Å². The summed E-state index contributed by atoms with van der Waals surface area (Å²) in [5.74, 6) is 0.320. The number of hydrogen-bond donors (Lipinski definition) is 1. The topological polar surface area (TPSA) is 46.9 Å². The molecule has 0 fully saturated rings. The molecule has 0 unspecified atom stereocenters. The van der Waals surface area contributed by atoms with Gasteiger partial charge in [0.2, 0.25) is 5.91 Å². The number of halogens is 1. The second kappa shape index (κ2) is 7.35. The van der Waals surface area contributed by atoms with Gasteiger partial charge in [-0.3, -0.25) is 4.79 Å². The summed E-state index contributed by atoms with van der Waals surface area (Å²) in [6, 6.07) is 15.8. The minimum atomic E-state index is -0.0216. The molecule has 3 aromatic rings. The van der Waals surface area contributed by atoms with Crippen LogP contribution in [-0.2, 0) is 11.3 Å². The van der Waals surface area contributed by atoms with Crippen molar-refractivity contribution in [3.63, 3.8) is 0 Å². The molecule has 1 N–H and O–H groups in total. The Morgan fingerprint density at radius 3 is 2.87 bits per heavy atom. The molecule has 118 valence electrons. The van der Waals surface area contributed by atoms with E-state index in [4.69, 9.17) is 0 Å². The molecule has 0 aliphatic heterocycles. The highest BCUT2D eigenvalue weighted by Crippen LogP contribution is 2.24. The number of rotatable bonds is 5. The molecule has 0 atom stereocenters. The lowest BCUT2D eigenvalue weighted by atomic mass is 10.3. The Morgan fingerprint density at radius 1 is 1.26 bits per heavy atom. The molecular formula is C17H16IN3OS. The van der Waals surface area contributed by atoms with Crippen LogP contribution in [0.4, 0.5) is 5.69 Å². The van der Waals surface area contributed by atoms with Gasteiger partial charge in [-0.05, 0) is 59.8 Å². The van der Waals surface area contributed by atoms with Gasteiger partial charge in [0.1, 0.15) is 0 Å². The molecule has 1 amide bonds. The van der Waals surface area contributed by atoms with Gasteiger partial charge >= 0.3 is 0 Å². The number of carbonyl (C=O) groups is 1. The monoisotopic (exact) mass is 437 g/mol. The first-order chi connectivity index (χ1) is 11.2. The quantitative estimate of drug-likeness (QED) is 0.476. The van der Waals surface area contributed by atoms with Gasteiger partial charge in [-0.1, -0.05) is 30.0 Å². The molecule has 0 radical (unpaired) electrons. The van der Waals surface area contributed by atoms with Crippen molar-refractivity contribution < 1.29 is 4.79 Å². The van der Waals surface area contributed by atoms with Gasteiger partial charge in [-0.25, -0.2) is 4.98 Å². The van der Waals surface area contributed by atoms with Crippen molar-refractivity contribution in [3.05, 3.63) is 52.1 Å². The highest BCUT2D eigenvalue weighted by atomic mass is 127. The summed E-state index contributed by atoms with van der Waals surface area (Å²) in [5, 5.41) is 3.80. The van der Waals surface area contributed by atoms with E-state index < -0.39 is 0 Å². The molecule has 23 heavy (non-hydrogen) atoms. The lowest BCUT2D eigenvalue weighted by Gasteiger charge is -2.07. The van der Waals surface area contributed by atoms with Crippen LogP contribution in [0.3, 0.4) is 0 Å². The number of amides is 1. The van der Waals surface area contributed by atoms with Crippen molar-refractivity contribution in [2.75, 3.05) is 11.1 Å². The predicted octanol–water partition coefficient (Wildman–Crippen LogP) is 4.39. The number of carbonyl (C=O) groups excluding carboxylic acids is 1. The molecule has 6 heteroatoms. The van der Waals surface area contributed by atoms with Crippen LogP contribution in [0.1, 0.15) is 6.92 Å². The number of nitrogens with one attached hydrogen (secondary N) is 1. The summed E-state index contributed by atoms with van der Waals surface area (Å²) in [6.07, 6.45) is 0. The van der Waals surface area contributed by atoms with Crippen LogP contribution in [0.2, 0.25) is 0 Å². The number of para-hydroxylation sites is 2. The largest absolute Gasteiger partial charge is 0.325 e. The van der Waals surface area contributed by atoms with Crippen molar-refractivity contribution in [3.8, 4) is 0 Å². The van der Waals surface area contributed by atoms with Gasteiger partial charge in [-0.2, -0.15) is 0 Å². The smallest absolute Gasteiger partial charge is 0.234 e. The third-order valence-electron chi connectivity index (χ3n) is 3.38. The Morgan fingerprint density at radius 2 is 2.09 bits per heavy atom. The molecule has 1 aromatic heterocycles. The molecule has 0 saturated carbocycles. The maximum atomic E-state index is 12.1. The van der Waals surface area contributed by atoms with Gasteiger partial charge in [-0.15, -0.1) is 0 Å². The maximum Gasteiger partial charge on any atom is 0.234 e. The number of aryl methyl sites for hydroxylation is 1. The normalized spacial score (nSPS) is 10.9. The van der Waals surface area contributed by atoms with Crippen LogP contribution in [0.15, 0.2) is 53.7 Å². The van der Waals surface area contributed by atoms with Gasteiger partial charge in [0.05, 0.1) is 16.8 Å². The molecule has 3 rings (SSSR count).